The second kappa shape index (κ2) is 8.44. The van der Waals surface area contributed by atoms with Crippen LogP contribution >= 0.6 is 0 Å². The van der Waals surface area contributed by atoms with E-state index in [-0.39, 0.29) is 19.3 Å². The van der Waals surface area contributed by atoms with Crippen LogP contribution in [-0.2, 0) is 0 Å². The first-order valence-corrected chi connectivity index (χ1v) is 4.82. The molecule has 3 N–H and O–H groups in total. The minimum Gasteiger partial charge on any atom is -0.396 e. The SMILES string of the molecule is CC(O)CN(CCCO)CCCO. The zero-order chi connectivity index (χ0) is 10.1. The summed E-state index contributed by atoms with van der Waals surface area (Å²) in [4.78, 5) is 2.05. The summed E-state index contributed by atoms with van der Waals surface area (Å²) in [5.41, 5.74) is 0. The van der Waals surface area contributed by atoms with Crippen molar-refractivity contribution in [1.29, 1.82) is 0 Å². The Morgan fingerprint density at radius 3 is 1.85 bits per heavy atom. The molecule has 0 aliphatic rings. The molecule has 4 heteroatoms. The lowest BCUT2D eigenvalue weighted by Gasteiger charge is -2.22. The molecule has 0 fully saturated rings. The standard InChI is InChI=1S/C9H21NO3/c1-9(13)8-10(4-2-6-11)5-3-7-12/h9,11-13H,2-8H2,1H3. The van der Waals surface area contributed by atoms with Crippen LogP contribution in [0.3, 0.4) is 0 Å². The molecule has 0 aliphatic carbocycles. The van der Waals surface area contributed by atoms with Crippen molar-refractivity contribution in [1.82, 2.24) is 4.90 Å². The monoisotopic (exact) mass is 191 g/mol. The third-order valence-electron chi connectivity index (χ3n) is 1.79. The number of rotatable bonds is 8. The third kappa shape index (κ3) is 8.18. The lowest BCUT2D eigenvalue weighted by atomic mass is 10.3. The number of nitrogens with zero attached hydrogens (tertiary/aromatic N) is 1. The Hall–Kier alpha value is -0.160. The molecular formula is C9H21NO3. The number of hydrogen-bond acceptors (Lipinski definition) is 4. The fourth-order valence-electron chi connectivity index (χ4n) is 1.26. The van der Waals surface area contributed by atoms with Crippen molar-refractivity contribution in [2.75, 3.05) is 32.8 Å². The van der Waals surface area contributed by atoms with E-state index in [4.69, 9.17) is 15.3 Å². The van der Waals surface area contributed by atoms with E-state index in [1.165, 1.54) is 0 Å². The Morgan fingerprint density at radius 1 is 1.08 bits per heavy atom. The lowest BCUT2D eigenvalue weighted by Crippen LogP contribution is -2.33. The van der Waals surface area contributed by atoms with Gasteiger partial charge < -0.3 is 20.2 Å². The summed E-state index contributed by atoms with van der Waals surface area (Å²) in [6, 6.07) is 0. The van der Waals surface area contributed by atoms with E-state index in [0.29, 0.717) is 6.54 Å². The first-order chi connectivity index (χ1) is 6.20. The minimum atomic E-state index is -0.350. The first-order valence-electron chi connectivity index (χ1n) is 4.82. The molecule has 4 nitrogen and oxygen atoms in total. The van der Waals surface area contributed by atoms with Crippen molar-refractivity contribution in [3.05, 3.63) is 0 Å². The average molecular weight is 191 g/mol. The van der Waals surface area contributed by atoms with Gasteiger partial charge in [0, 0.05) is 32.8 Å². The van der Waals surface area contributed by atoms with E-state index in [1.54, 1.807) is 6.92 Å². The molecular weight excluding hydrogens is 170 g/mol. The summed E-state index contributed by atoms with van der Waals surface area (Å²) < 4.78 is 0. The quantitative estimate of drug-likeness (QED) is 0.481. The molecule has 0 spiro atoms. The molecule has 1 unspecified atom stereocenters. The largest absolute Gasteiger partial charge is 0.396 e. The highest BCUT2D eigenvalue weighted by Crippen LogP contribution is 1.96. The van der Waals surface area contributed by atoms with Crippen molar-refractivity contribution in [2.45, 2.75) is 25.9 Å². The van der Waals surface area contributed by atoms with E-state index in [2.05, 4.69) is 4.90 Å². The van der Waals surface area contributed by atoms with Crippen LogP contribution in [0.5, 0.6) is 0 Å². The second-order valence-corrected chi connectivity index (χ2v) is 3.30. The van der Waals surface area contributed by atoms with Gasteiger partial charge in [-0.1, -0.05) is 0 Å². The van der Waals surface area contributed by atoms with Crippen molar-refractivity contribution < 1.29 is 15.3 Å². The molecule has 13 heavy (non-hydrogen) atoms. The maximum Gasteiger partial charge on any atom is 0.0639 e. The van der Waals surface area contributed by atoms with E-state index < -0.39 is 0 Å². The van der Waals surface area contributed by atoms with Gasteiger partial charge in [-0.2, -0.15) is 0 Å². The van der Waals surface area contributed by atoms with E-state index in [0.717, 1.165) is 25.9 Å². The highest BCUT2D eigenvalue weighted by atomic mass is 16.3. The van der Waals surface area contributed by atoms with Crippen molar-refractivity contribution >= 4 is 0 Å². The normalized spacial score (nSPS) is 13.6. The van der Waals surface area contributed by atoms with Gasteiger partial charge in [-0.25, -0.2) is 0 Å². The predicted octanol–water partition coefficient (Wildman–Crippen LogP) is -0.566. The summed E-state index contributed by atoms with van der Waals surface area (Å²) in [5, 5.41) is 26.4. The Morgan fingerprint density at radius 2 is 1.54 bits per heavy atom. The highest BCUT2D eigenvalue weighted by Gasteiger charge is 2.06. The summed E-state index contributed by atoms with van der Waals surface area (Å²) in [6.07, 6.45) is 1.09. The summed E-state index contributed by atoms with van der Waals surface area (Å²) in [6.45, 7) is 4.26. The molecule has 0 aromatic rings. The molecule has 80 valence electrons. The number of aliphatic hydroxyl groups is 3. The fourth-order valence-corrected chi connectivity index (χ4v) is 1.26. The van der Waals surface area contributed by atoms with Crippen LogP contribution in [-0.4, -0.2) is 59.2 Å². The Balaban J connectivity index is 3.60. The van der Waals surface area contributed by atoms with E-state index in [1.807, 2.05) is 0 Å². The molecule has 0 saturated carbocycles. The van der Waals surface area contributed by atoms with Crippen LogP contribution in [0.25, 0.3) is 0 Å². The zero-order valence-corrected chi connectivity index (χ0v) is 8.32. The lowest BCUT2D eigenvalue weighted by molar-refractivity contribution is 0.115. The van der Waals surface area contributed by atoms with Crippen LogP contribution in [0, 0.1) is 0 Å². The maximum atomic E-state index is 9.15. The van der Waals surface area contributed by atoms with E-state index in [9.17, 15) is 0 Å². The Kier molecular flexibility index (Phi) is 8.33. The molecule has 0 aromatic heterocycles. The molecule has 1 atom stereocenters. The van der Waals surface area contributed by atoms with Crippen molar-refractivity contribution in [3.8, 4) is 0 Å². The van der Waals surface area contributed by atoms with Gasteiger partial charge in [0.15, 0.2) is 0 Å². The van der Waals surface area contributed by atoms with Gasteiger partial charge in [0.1, 0.15) is 0 Å². The van der Waals surface area contributed by atoms with Gasteiger partial charge >= 0.3 is 0 Å². The van der Waals surface area contributed by atoms with Gasteiger partial charge in [0.25, 0.3) is 0 Å². The molecule has 0 bridgehead atoms. The van der Waals surface area contributed by atoms with Gasteiger partial charge in [-0.15, -0.1) is 0 Å². The summed E-state index contributed by atoms with van der Waals surface area (Å²) >= 11 is 0. The van der Waals surface area contributed by atoms with Crippen LogP contribution in [0.2, 0.25) is 0 Å². The zero-order valence-electron chi connectivity index (χ0n) is 8.32. The molecule has 0 amide bonds. The molecule has 0 saturated heterocycles. The minimum absolute atomic E-state index is 0.176. The van der Waals surface area contributed by atoms with Crippen LogP contribution in [0.1, 0.15) is 19.8 Å². The molecule has 0 rings (SSSR count). The van der Waals surface area contributed by atoms with Gasteiger partial charge in [0.05, 0.1) is 6.10 Å². The maximum absolute atomic E-state index is 9.15. The Labute approximate surface area is 79.8 Å². The molecule has 0 heterocycles. The summed E-state index contributed by atoms with van der Waals surface area (Å²) in [7, 11) is 0. The fraction of sp³-hybridized carbons (Fsp3) is 1.00. The van der Waals surface area contributed by atoms with Crippen molar-refractivity contribution in [2.24, 2.45) is 0 Å². The highest BCUT2D eigenvalue weighted by molar-refractivity contribution is 4.61. The summed E-state index contributed by atoms with van der Waals surface area (Å²) in [5.74, 6) is 0. The number of aliphatic hydroxyl groups excluding tert-OH is 3. The Bertz CT molecular complexity index is 101. The van der Waals surface area contributed by atoms with Gasteiger partial charge in [-0.05, 0) is 19.8 Å². The van der Waals surface area contributed by atoms with Gasteiger partial charge in [-0.3, -0.25) is 0 Å². The third-order valence-corrected chi connectivity index (χ3v) is 1.79. The molecule has 0 aliphatic heterocycles. The average Bonchev–Trinajstić information content (AvgIpc) is 2.09. The first kappa shape index (κ1) is 12.8. The predicted molar refractivity (Wildman–Crippen MR) is 51.5 cm³/mol. The van der Waals surface area contributed by atoms with Crippen LogP contribution in [0.4, 0.5) is 0 Å². The smallest absolute Gasteiger partial charge is 0.0639 e. The second-order valence-electron chi connectivity index (χ2n) is 3.30. The van der Waals surface area contributed by atoms with E-state index >= 15 is 0 Å². The van der Waals surface area contributed by atoms with Crippen molar-refractivity contribution in [3.63, 3.8) is 0 Å². The van der Waals surface area contributed by atoms with Crippen LogP contribution in [0.15, 0.2) is 0 Å². The topological polar surface area (TPSA) is 63.9 Å². The van der Waals surface area contributed by atoms with Gasteiger partial charge in [0.2, 0.25) is 0 Å². The number of hydrogen-bond donors (Lipinski definition) is 3. The molecule has 0 radical (unpaired) electrons. The molecule has 0 aromatic carbocycles. The van der Waals surface area contributed by atoms with Crippen LogP contribution < -0.4 is 0 Å².